The van der Waals surface area contributed by atoms with Gasteiger partial charge in [0.25, 0.3) is 5.56 Å². The molecule has 1 heterocycles. The number of rotatable bonds is 4. The Balaban J connectivity index is 1.68. The summed E-state index contributed by atoms with van der Waals surface area (Å²) in [4.78, 5) is 26.8. The lowest BCUT2D eigenvalue weighted by atomic mass is 9.83. The van der Waals surface area contributed by atoms with Crippen molar-refractivity contribution < 1.29 is 9.90 Å². The second-order valence-corrected chi connectivity index (χ2v) is 6.02. The zero-order valence-corrected chi connectivity index (χ0v) is 11.3. The van der Waals surface area contributed by atoms with E-state index in [1.54, 1.807) is 0 Å². The molecule has 1 aromatic rings. The van der Waals surface area contributed by atoms with Crippen molar-refractivity contribution in [3.8, 4) is 0 Å². The number of anilines is 1. The summed E-state index contributed by atoms with van der Waals surface area (Å²) in [6.07, 6.45) is 10.2. The van der Waals surface area contributed by atoms with Crippen LogP contribution in [0.5, 0.6) is 0 Å². The van der Waals surface area contributed by atoms with Crippen molar-refractivity contribution in [3.05, 3.63) is 22.7 Å². The third-order valence-corrected chi connectivity index (χ3v) is 4.56. The molecule has 0 bridgehead atoms. The Morgan fingerprint density at radius 3 is 2.70 bits per heavy atom. The molecule has 2 fully saturated rings. The molecule has 6 nitrogen and oxygen atoms in total. The van der Waals surface area contributed by atoms with Crippen molar-refractivity contribution in [3.63, 3.8) is 0 Å². The number of carboxylic acid groups (broad SMARTS) is 1. The van der Waals surface area contributed by atoms with E-state index in [2.05, 4.69) is 10.3 Å². The van der Waals surface area contributed by atoms with Crippen molar-refractivity contribution in [2.24, 2.45) is 5.41 Å². The quantitative estimate of drug-likeness (QED) is 0.870. The predicted molar refractivity (Wildman–Crippen MR) is 73.7 cm³/mol. The Bertz CT molecular complexity index is 567. The first-order chi connectivity index (χ1) is 9.58. The van der Waals surface area contributed by atoms with Gasteiger partial charge in [0.05, 0.1) is 0 Å². The predicted octanol–water partition coefficient (Wildman–Crippen LogP) is 1.46. The standard InChI is InChI=1S/C14H19N3O3/c18-11(19)9-17-8-7-15-12(13(17)20)16-10-1-3-14(4-2-10)5-6-14/h7-8,10H,1-6,9H2,(H,15,16)(H,18,19). The molecule has 0 saturated heterocycles. The van der Waals surface area contributed by atoms with Gasteiger partial charge in [0.2, 0.25) is 0 Å². The molecule has 3 rings (SSSR count). The number of carboxylic acids is 1. The Labute approximate surface area is 116 Å². The van der Waals surface area contributed by atoms with Crippen LogP contribution in [0, 0.1) is 5.41 Å². The van der Waals surface area contributed by atoms with Gasteiger partial charge in [-0.05, 0) is 43.9 Å². The number of carbonyl (C=O) groups is 1. The largest absolute Gasteiger partial charge is 0.480 e. The second kappa shape index (κ2) is 4.92. The fourth-order valence-electron chi connectivity index (χ4n) is 3.06. The van der Waals surface area contributed by atoms with Gasteiger partial charge in [-0.15, -0.1) is 0 Å². The van der Waals surface area contributed by atoms with Gasteiger partial charge < -0.3 is 10.4 Å². The summed E-state index contributed by atoms with van der Waals surface area (Å²) in [6, 6.07) is 0.280. The molecule has 0 unspecified atom stereocenters. The van der Waals surface area contributed by atoms with Gasteiger partial charge in [-0.2, -0.15) is 0 Å². The maximum atomic E-state index is 12.1. The molecule has 20 heavy (non-hydrogen) atoms. The summed E-state index contributed by atoms with van der Waals surface area (Å²) in [7, 11) is 0. The van der Waals surface area contributed by atoms with Crippen molar-refractivity contribution in [2.75, 3.05) is 5.32 Å². The number of aliphatic carboxylic acids is 1. The van der Waals surface area contributed by atoms with E-state index in [0.29, 0.717) is 5.41 Å². The highest BCUT2D eigenvalue weighted by Gasteiger charge is 2.44. The Kier molecular flexibility index (Phi) is 3.23. The molecule has 2 N–H and O–H groups in total. The normalized spacial score (nSPS) is 20.8. The molecule has 6 heteroatoms. The molecule has 0 amide bonds. The maximum Gasteiger partial charge on any atom is 0.323 e. The smallest absolute Gasteiger partial charge is 0.323 e. The molecule has 0 aromatic carbocycles. The Morgan fingerprint density at radius 1 is 1.40 bits per heavy atom. The lowest BCUT2D eigenvalue weighted by Gasteiger charge is -2.29. The molecule has 108 valence electrons. The van der Waals surface area contributed by atoms with Crippen molar-refractivity contribution in [1.82, 2.24) is 9.55 Å². The topological polar surface area (TPSA) is 84.2 Å². The summed E-state index contributed by atoms with van der Waals surface area (Å²) < 4.78 is 1.17. The zero-order valence-electron chi connectivity index (χ0n) is 11.3. The average Bonchev–Trinajstić information content (AvgIpc) is 3.16. The van der Waals surface area contributed by atoms with E-state index in [-0.39, 0.29) is 24.0 Å². The van der Waals surface area contributed by atoms with E-state index < -0.39 is 5.97 Å². The van der Waals surface area contributed by atoms with E-state index >= 15 is 0 Å². The average molecular weight is 277 g/mol. The van der Waals surface area contributed by atoms with Crippen LogP contribution in [0.1, 0.15) is 38.5 Å². The molecule has 0 aliphatic heterocycles. The van der Waals surface area contributed by atoms with Gasteiger partial charge in [0.1, 0.15) is 6.54 Å². The van der Waals surface area contributed by atoms with Crippen LogP contribution in [0.25, 0.3) is 0 Å². The Morgan fingerprint density at radius 2 is 2.10 bits per heavy atom. The van der Waals surface area contributed by atoms with E-state index in [9.17, 15) is 9.59 Å². The summed E-state index contributed by atoms with van der Waals surface area (Å²) in [5, 5.41) is 12.0. The van der Waals surface area contributed by atoms with E-state index in [1.807, 2.05) is 0 Å². The van der Waals surface area contributed by atoms with Crippen molar-refractivity contribution in [1.29, 1.82) is 0 Å². The minimum atomic E-state index is -1.03. The van der Waals surface area contributed by atoms with Crippen LogP contribution in [-0.4, -0.2) is 26.7 Å². The highest BCUT2D eigenvalue weighted by Crippen LogP contribution is 2.56. The Hall–Kier alpha value is -1.85. The molecule has 1 spiro atoms. The summed E-state index contributed by atoms with van der Waals surface area (Å²) in [5.74, 6) is -0.761. The first-order valence-electron chi connectivity index (χ1n) is 7.12. The molecule has 1 aromatic heterocycles. The molecule has 2 aliphatic carbocycles. The number of aromatic nitrogens is 2. The minimum Gasteiger partial charge on any atom is -0.480 e. The fourth-order valence-corrected chi connectivity index (χ4v) is 3.06. The van der Waals surface area contributed by atoms with Crippen LogP contribution in [0.4, 0.5) is 5.82 Å². The fraction of sp³-hybridized carbons (Fsp3) is 0.643. The molecule has 2 saturated carbocycles. The van der Waals surface area contributed by atoms with Gasteiger partial charge in [0.15, 0.2) is 5.82 Å². The van der Waals surface area contributed by atoms with Crippen molar-refractivity contribution >= 4 is 11.8 Å². The zero-order chi connectivity index (χ0) is 14.2. The minimum absolute atomic E-state index is 0.269. The number of hydrogen-bond acceptors (Lipinski definition) is 4. The molecule has 0 radical (unpaired) electrons. The van der Waals surface area contributed by atoms with Crippen LogP contribution in [0.2, 0.25) is 0 Å². The third kappa shape index (κ3) is 2.69. The van der Waals surface area contributed by atoms with Gasteiger partial charge in [0, 0.05) is 18.4 Å². The van der Waals surface area contributed by atoms with E-state index in [0.717, 1.165) is 12.8 Å². The van der Waals surface area contributed by atoms with Crippen LogP contribution < -0.4 is 10.9 Å². The molecular weight excluding hydrogens is 258 g/mol. The van der Waals surface area contributed by atoms with Gasteiger partial charge in [-0.3, -0.25) is 14.2 Å². The van der Waals surface area contributed by atoms with Crippen LogP contribution in [0.3, 0.4) is 0 Å². The van der Waals surface area contributed by atoms with Crippen LogP contribution >= 0.6 is 0 Å². The van der Waals surface area contributed by atoms with Gasteiger partial charge in [-0.1, -0.05) is 0 Å². The third-order valence-electron chi connectivity index (χ3n) is 4.56. The van der Waals surface area contributed by atoms with Crippen LogP contribution in [0.15, 0.2) is 17.2 Å². The lowest BCUT2D eigenvalue weighted by Crippen LogP contribution is -2.33. The van der Waals surface area contributed by atoms with Gasteiger partial charge in [-0.25, -0.2) is 4.98 Å². The second-order valence-electron chi connectivity index (χ2n) is 6.02. The number of nitrogens with zero attached hydrogens (tertiary/aromatic N) is 2. The van der Waals surface area contributed by atoms with Crippen LogP contribution in [-0.2, 0) is 11.3 Å². The lowest BCUT2D eigenvalue weighted by molar-refractivity contribution is -0.137. The molecule has 2 aliphatic rings. The first kappa shape index (κ1) is 13.1. The van der Waals surface area contributed by atoms with E-state index in [1.165, 1.54) is 42.6 Å². The number of nitrogens with one attached hydrogen (secondary N) is 1. The number of hydrogen-bond donors (Lipinski definition) is 2. The van der Waals surface area contributed by atoms with E-state index in [4.69, 9.17) is 5.11 Å². The maximum absolute atomic E-state index is 12.1. The summed E-state index contributed by atoms with van der Waals surface area (Å²) in [6.45, 7) is -0.330. The molecular formula is C14H19N3O3. The van der Waals surface area contributed by atoms with Gasteiger partial charge >= 0.3 is 5.97 Å². The monoisotopic (exact) mass is 277 g/mol. The molecule has 0 atom stereocenters. The van der Waals surface area contributed by atoms with Crippen molar-refractivity contribution in [2.45, 2.75) is 51.1 Å². The highest BCUT2D eigenvalue weighted by molar-refractivity contribution is 5.66. The highest BCUT2D eigenvalue weighted by atomic mass is 16.4. The summed E-state index contributed by atoms with van der Waals surface area (Å²) in [5.41, 5.74) is 0.257. The SMILES string of the molecule is O=C(O)Cn1ccnc(NC2CCC3(CC2)CC3)c1=O. The summed E-state index contributed by atoms with van der Waals surface area (Å²) >= 11 is 0. The first-order valence-corrected chi connectivity index (χ1v) is 7.12.